The third-order valence-electron chi connectivity index (χ3n) is 4.88. The van der Waals surface area contributed by atoms with E-state index in [9.17, 15) is 18.0 Å². The van der Waals surface area contributed by atoms with Gasteiger partial charge in [0.15, 0.2) is 0 Å². The Hall–Kier alpha value is -3.04. The van der Waals surface area contributed by atoms with Gasteiger partial charge in [-0.15, -0.1) is 0 Å². The van der Waals surface area contributed by atoms with E-state index in [0.29, 0.717) is 28.8 Å². The van der Waals surface area contributed by atoms with Crippen LogP contribution >= 0.6 is 11.6 Å². The van der Waals surface area contributed by atoms with Crippen molar-refractivity contribution < 1.29 is 23.1 Å². The van der Waals surface area contributed by atoms with Crippen LogP contribution in [-0.2, 0) is 9.84 Å². The molecule has 0 unspecified atom stereocenters. The van der Waals surface area contributed by atoms with Gasteiger partial charge in [0.25, 0.3) is 5.91 Å². The molecule has 2 aromatic carbocycles. The van der Waals surface area contributed by atoms with Gasteiger partial charge >= 0.3 is 6.09 Å². The average Bonchev–Trinajstić information content (AvgIpc) is 3.09. The van der Waals surface area contributed by atoms with Gasteiger partial charge in [-0.05, 0) is 68.1 Å². The summed E-state index contributed by atoms with van der Waals surface area (Å²) in [5, 5.41) is 14.2. The molecule has 1 aromatic heterocycles. The smallest absolute Gasteiger partial charge is 0.404 e. The summed E-state index contributed by atoms with van der Waals surface area (Å²) in [6.45, 7) is 4.15. The van der Waals surface area contributed by atoms with Crippen molar-refractivity contribution in [3.8, 4) is 0 Å². The van der Waals surface area contributed by atoms with E-state index in [4.69, 9.17) is 16.7 Å². The molecule has 0 radical (unpaired) electrons. The molecule has 0 aliphatic carbocycles. The van der Waals surface area contributed by atoms with E-state index in [0.717, 1.165) is 11.1 Å². The molecule has 4 N–H and O–H groups in total. The molecule has 0 aliphatic heterocycles. The third-order valence-corrected chi connectivity index (χ3v) is 6.93. The van der Waals surface area contributed by atoms with Crippen LogP contribution < -0.4 is 10.6 Å². The van der Waals surface area contributed by atoms with Gasteiger partial charge in [-0.25, -0.2) is 13.2 Å². The number of benzene rings is 2. The maximum Gasteiger partial charge on any atom is 0.404 e. The molecule has 170 valence electrons. The number of rotatable bonds is 8. The number of amides is 2. The summed E-state index contributed by atoms with van der Waals surface area (Å²) in [6.07, 6.45) is -0.0492. The number of aromatic amines is 1. The highest BCUT2D eigenvalue weighted by molar-refractivity contribution is 7.91. The lowest BCUT2D eigenvalue weighted by Crippen LogP contribution is -2.27. The number of halogens is 1. The Balaban J connectivity index is 1.96. The van der Waals surface area contributed by atoms with Crippen LogP contribution in [0.2, 0.25) is 5.02 Å². The molecule has 3 aromatic rings. The fourth-order valence-corrected chi connectivity index (χ4v) is 5.48. The zero-order valence-electron chi connectivity index (χ0n) is 17.7. The van der Waals surface area contributed by atoms with Gasteiger partial charge in [0, 0.05) is 29.0 Å². The van der Waals surface area contributed by atoms with Crippen molar-refractivity contribution in [3.63, 3.8) is 0 Å². The van der Waals surface area contributed by atoms with E-state index in [1.165, 1.54) is 6.07 Å². The number of hydrogen-bond acceptors (Lipinski definition) is 4. The minimum Gasteiger partial charge on any atom is -0.465 e. The third kappa shape index (κ3) is 5.23. The highest BCUT2D eigenvalue weighted by Gasteiger charge is 2.30. The number of carboxylic acid groups (broad SMARTS) is 1. The number of sulfone groups is 1. The van der Waals surface area contributed by atoms with Crippen LogP contribution in [0.1, 0.15) is 34.5 Å². The van der Waals surface area contributed by atoms with Gasteiger partial charge in [0.1, 0.15) is 10.6 Å². The maximum absolute atomic E-state index is 13.6. The number of nitrogens with one attached hydrogen (secondary N) is 3. The van der Waals surface area contributed by atoms with Crippen LogP contribution in [-0.4, -0.2) is 43.6 Å². The van der Waals surface area contributed by atoms with E-state index in [1.807, 2.05) is 19.9 Å². The Morgan fingerprint density at radius 2 is 1.62 bits per heavy atom. The zero-order chi connectivity index (χ0) is 23.5. The normalized spacial score (nSPS) is 11.5. The molecule has 0 bridgehead atoms. The summed E-state index contributed by atoms with van der Waals surface area (Å²) >= 11 is 6.12. The first kappa shape index (κ1) is 23.6. The predicted octanol–water partition coefficient (Wildman–Crippen LogP) is 4.05. The maximum atomic E-state index is 13.6. The SMILES string of the molecule is Cc1cc(C)cc(S(=O)(=O)c2c(C(=O)NCCCCNC(=O)O)[nH]c3ccc(Cl)cc23)c1. The first-order valence-electron chi connectivity index (χ1n) is 9.99. The molecular weight excluding hydrogens is 454 g/mol. The molecular formula is C22H24ClN3O5S. The second kappa shape index (κ2) is 9.62. The van der Waals surface area contributed by atoms with E-state index in [-0.39, 0.29) is 28.6 Å². The van der Waals surface area contributed by atoms with Crippen molar-refractivity contribution in [2.45, 2.75) is 36.5 Å². The molecule has 10 heteroatoms. The van der Waals surface area contributed by atoms with Crippen LogP contribution in [0.5, 0.6) is 0 Å². The van der Waals surface area contributed by atoms with E-state index < -0.39 is 21.8 Å². The van der Waals surface area contributed by atoms with Gasteiger partial charge in [0.05, 0.1) is 4.90 Å². The number of hydrogen-bond donors (Lipinski definition) is 4. The number of fused-ring (bicyclic) bond motifs is 1. The van der Waals surface area contributed by atoms with Crippen molar-refractivity contribution in [2.24, 2.45) is 0 Å². The summed E-state index contributed by atoms with van der Waals surface area (Å²) in [7, 11) is -4.03. The summed E-state index contributed by atoms with van der Waals surface area (Å²) < 4.78 is 27.2. The van der Waals surface area contributed by atoms with Crippen molar-refractivity contribution >= 4 is 44.3 Å². The zero-order valence-corrected chi connectivity index (χ0v) is 19.2. The van der Waals surface area contributed by atoms with Gasteiger partial charge in [-0.3, -0.25) is 4.79 Å². The number of H-pyrrole nitrogens is 1. The lowest BCUT2D eigenvalue weighted by molar-refractivity contribution is 0.0945. The van der Waals surface area contributed by atoms with Gasteiger partial charge < -0.3 is 20.7 Å². The Morgan fingerprint density at radius 1 is 1.00 bits per heavy atom. The Kier molecular flexibility index (Phi) is 7.10. The lowest BCUT2D eigenvalue weighted by Gasteiger charge is -2.10. The largest absolute Gasteiger partial charge is 0.465 e. The van der Waals surface area contributed by atoms with Crippen LogP contribution in [0.4, 0.5) is 4.79 Å². The Bertz CT molecular complexity index is 1260. The number of carbonyl (C=O) groups excluding carboxylic acids is 1. The molecule has 0 fully saturated rings. The molecule has 0 saturated heterocycles. The molecule has 0 aliphatic rings. The first-order chi connectivity index (χ1) is 15.1. The molecule has 2 amide bonds. The quantitative estimate of drug-likeness (QED) is 0.364. The topological polar surface area (TPSA) is 128 Å². The van der Waals surface area contributed by atoms with Gasteiger partial charge in [-0.1, -0.05) is 17.7 Å². The average molecular weight is 478 g/mol. The van der Waals surface area contributed by atoms with Crippen LogP contribution in [0, 0.1) is 13.8 Å². The number of carbonyl (C=O) groups is 2. The van der Waals surface area contributed by atoms with Crippen molar-refractivity contribution in [3.05, 3.63) is 58.2 Å². The fourth-order valence-electron chi connectivity index (χ4n) is 3.52. The fraction of sp³-hybridized carbons (Fsp3) is 0.273. The molecule has 8 nitrogen and oxygen atoms in total. The number of aryl methyl sites for hydroxylation is 2. The Morgan fingerprint density at radius 3 is 2.25 bits per heavy atom. The second-order valence-corrected chi connectivity index (χ2v) is 9.86. The molecule has 0 saturated carbocycles. The molecule has 0 atom stereocenters. The molecule has 0 spiro atoms. The number of aromatic nitrogens is 1. The summed E-state index contributed by atoms with van der Waals surface area (Å²) in [5.74, 6) is -0.563. The van der Waals surface area contributed by atoms with E-state index in [1.54, 1.807) is 24.3 Å². The molecule has 3 rings (SSSR count). The minimum atomic E-state index is -4.03. The highest BCUT2D eigenvalue weighted by atomic mass is 35.5. The predicted molar refractivity (Wildman–Crippen MR) is 122 cm³/mol. The standard InChI is InChI=1S/C22H24ClN3O5S/c1-13-9-14(2)11-16(10-13)32(30,31)20-17-12-15(23)5-6-18(17)26-19(20)21(27)24-7-3-4-8-25-22(28)29/h5-6,9-12,25-26H,3-4,7-8H2,1-2H3,(H,24,27)(H,28,29). The van der Waals surface area contributed by atoms with Crippen molar-refractivity contribution in [1.82, 2.24) is 15.6 Å². The van der Waals surface area contributed by atoms with Crippen LogP contribution in [0.25, 0.3) is 10.9 Å². The second-order valence-electron chi connectivity index (χ2n) is 7.54. The summed E-state index contributed by atoms with van der Waals surface area (Å²) in [5.41, 5.74) is 2.00. The minimum absolute atomic E-state index is 0.0647. The lowest BCUT2D eigenvalue weighted by atomic mass is 10.2. The van der Waals surface area contributed by atoms with Gasteiger partial charge in [-0.2, -0.15) is 0 Å². The first-order valence-corrected chi connectivity index (χ1v) is 11.9. The van der Waals surface area contributed by atoms with Crippen LogP contribution in [0.3, 0.4) is 0 Å². The van der Waals surface area contributed by atoms with Crippen molar-refractivity contribution in [1.29, 1.82) is 0 Å². The Labute approximate surface area is 190 Å². The highest BCUT2D eigenvalue weighted by Crippen LogP contribution is 2.34. The van der Waals surface area contributed by atoms with E-state index in [2.05, 4.69) is 15.6 Å². The summed E-state index contributed by atoms with van der Waals surface area (Å²) in [4.78, 5) is 26.3. The van der Waals surface area contributed by atoms with Gasteiger partial charge in [0.2, 0.25) is 9.84 Å². The molecule has 1 heterocycles. The van der Waals surface area contributed by atoms with E-state index >= 15 is 0 Å². The monoisotopic (exact) mass is 477 g/mol. The number of unbranched alkanes of at least 4 members (excludes halogenated alkanes) is 1. The summed E-state index contributed by atoms with van der Waals surface area (Å²) in [6, 6.07) is 9.79. The molecule has 32 heavy (non-hydrogen) atoms. The van der Waals surface area contributed by atoms with Crippen LogP contribution in [0.15, 0.2) is 46.2 Å². The van der Waals surface area contributed by atoms with Crippen molar-refractivity contribution in [2.75, 3.05) is 13.1 Å².